The summed E-state index contributed by atoms with van der Waals surface area (Å²) in [5, 5.41) is 12.4. The zero-order chi connectivity index (χ0) is 14.5. The van der Waals surface area contributed by atoms with E-state index in [1.807, 2.05) is 13.8 Å². The Morgan fingerprint density at radius 3 is 2.84 bits per heavy atom. The Morgan fingerprint density at radius 2 is 2.26 bits per heavy atom. The number of hydrogen-bond acceptors (Lipinski definition) is 4. The third-order valence-corrected chi connectivity index (χ3v) is 4.17. The van der Waals surface area contributed by atoms with E-state index >= 15 is 0 Å². The Balaban J connectivity index is 2.66. The van der Waals surface area contributed by atoms with Gasteiger partial charge in [-0.15, -0.1) is 0 Å². The summed E-state index contributed by atoms with van der Waals surface area (Å²) in [6.07, 6.45) is 3.35. The third kappa shape index (κ3) is 4.99. The van der Waals surface area contributed by atoms with E-state index in [9.17, 15) is 13.2 Å². The highest BCUT2D eigenvalue weighted by molar-refractivity contribution is 7.89. The number of carboxylic acids is 1. The summed E-state index contributed by atoms with van der Waals surface area (Å²) in [4.78, 5) is 10.5. The molecule has 0 aromatic carbocycles. The molecule has 0 amide bonds. The fourth-order valence-electron chi connectivity index (χ4n) is 1.30. The van der Waals surface area contributed by atoms with Crippen LogP contribution in [0.1, 0.15) is 26.7 Å². The molecule has 19 heavy (non-hydrogen) atoms. The van der Waals surface area contributed by atoms with Crippen molar-refractivity contribution < 1.29 is 18.3 Å². The second kappa shape index (κ2) is 6.67. The normalized spacial score (nSPS) is 13.4. The van der Waals surface area contributed by atoms with Crippen LogP contribution in [0.5, 0.6) is 0 Å². The number of nitrogens with one attached hydrogen (secondary N) is 1. The number of sulfonamides is 1. The maximum Gasteiger partial charge on any atom is 0.305 e. The lowest BCUT2D eigenvalue weighted by molar-refractivity contribution is -0.137. The molecule has 8 heteroatoms. The average Bonchev–Trinajstić information content (AvgIpc) is 2.83. The van der Waals surface area contributed by atoms with E-state index in [-0.39, 0.29) is 23.8 Å². The number of rotatable bonds is 8. The van der Waals surface area contributed by atoms with Gasteiger partial charge in [0.15, 0.2) is 0 Å². The molecule has 0 radical (unpaired) electrons. The smallest absolute Gasteiger partial charge is 0.305 e. The van der Waals surface area contributed by atoms with E-state index in [0.29, 0.717) is 6.54 Å². The van der Waals surface area contributed by atoms with Gasteiger partial charge in [-0.2, -0.15) is 5.10 Å². The maximum atomic E-state index is 11.9. The summed E-state index contributed by atoms with van der Waals surface area (Å²) in [5.74, 6) is -0.688. The largest absolute Gasteiger partial charge is 0.481 e. The first-order chi connectivity index (χ1) is 8.85. The maximum absolute atomic E-state index is 11.9. The third-order valence-electron chi connectivity index (χ3n) is 2.79. The summed E-state index contributed by atoms with van der Waals surface area (Å²) in [7, 11) is -3.56. The van der Waals surface area contributed by atoms with Crippen LogP contribution in [0.3, 0.4) is 0 Å². The molecular formula is C11H19N3O4S. The van der Waals surface area contributed by atoms with Gasteiger partial charge in [-0.25, -0.2) is 13.1 Å². The highest BCUT2D eigenvalue weighted by Crippen LogP contribution is 2.08. The Labute approximate surface area is 112 Å². The molecular weight excluding hydrogens is 270 g/mol. The van der Waals surface area contributed by atoms with E-state index < -0.39 is 16.0 Å². The first-order valence-corrected chi connectivity index (χ1v) is 7.57. The Morgan fingerprint density at radius 1 is 1.58 bits per heavy atom. The van der Waals surface area contributed by atoms with Gasteiger partial charge in [-0.3, -0.25) is 9.48 Å². The topological polar surface area (TPSA) is 101 Å². The van der Waals surface area contributed by atoms with Crippen LogP contribution in [0.2, 0.25) is 0 Å². The molecule has 1 rings (SSSR count). The first-order valence-electron chi connectivity index (χ1n) is 6.09. The van der Waals surface area contributed by atoms with Crippen molar-refractivity contribution in [1.29, 1.82) is 0 Å². The number of aromatic nitrogens is 2. The summed E-state index contributed by atoms with van der Waals surface area (Å²) in [5.41, 5.74) is 0. The fraction of sp³-hybridized carbons (Fsp3) is 0.636. The molecule has 0 saturated heterocycles. The van der Waals surface area contributed by atoms with E-state index in [4.69, 9.17) is 5.11 Å². The van der Waals surface area contributed by atoms with Crippen molar-refractivity contribution in [2.45, 2.75) is 38.1 Å². The average molecular weight is 289 g/mol. The molecule has 0 aliphatic carbocycles. The van der Waals surface area contributed by atoms with Gasteiger partial charge in [0.2, 0.25) is 10.0 Å². The molecule has 0 spiro atoms. The van der Waals surface area contributed by atoms with Crippen LogP contribution >= 0.6 is 0 Å². The molecule has 1 aromatic rings. The second-order valence-electron chi connectivity index (χ2n) is 4.45. The Bertz CT molecular complexity index is 524. The lowest BCUT2D eigenvalue weighted by Crippen LogP contribution is -2.28. The van der Waals surface area contributed by atoms with Crippen molar-refractivity contribution in [3.63, 3.8) is 0 Å². The van der Waals surface area contributed by atoms with E-state index in [2.05, 4.69) is 9.82 Å². The highest BCUT2D eigenvalue weighted by atomic mass is 32.2. The predicted molar refractivity (Wildman–Crippen MR) is 69.1 cm³/mol. The molecule has 2 N–H and O–H groups in total. The minimum Gasteiger partial charge on any atom is -0.481 e. The molecule has 0 fully saturated rings. The van der Waals surface area contributed by atoms with Crippen molar-refractivity contribution in [2.75, 3.05) is 6.54 Å². The van der Waals surface area contributed by atoms with Gasteiger partial charge < -0.3 is 5.11 Å². The van der Waals surface area contributed by atoms with Gasteiger partial charge >= 0.3 is 5.97 Å². The molecule has 0 bridgehead atoms. The Hall–Kier alpha value is -1.41. The van der Waals surface area contributed by atoms with Crippen LogP contribution < -0.4 is 4.72 Å². The predicted octanol–water partition coefficient (Wildman–Crippen LogP) is 0.682. The SMILES string of the molecule is CCC(C)CNS(=O)(=O)c1cnn(CCC(=O)O)c1. The summed E-state index contributed by atoms with van der Waals surface area (Å²) < 4.78 is 27.7. The number of carboxylic acid groups (broad SMARTS) is 1. The minimum atomic E-state index is -3.56. The van der Waals surface area contributed by atoms with Gasteiger partial charge in [0.1, 0.15) is 4.90 Å². The van der Waals surface area contributed by atoms with Gasteiger partial charge in [-0.1, -0.05) is 20.3 Å². The zero-order valence-corrected chi connectivity index (χ0v) is 11.9. The van der Waals surface area contributed by atoms with Gasteiger partial charge in [0.05, 0.1) is 19.2 Å². The van der Waals surface area contributed by atoms with Crippen molar-refractivity contribution in [3.8, 4) is 0 Å². The number of carbonyl (C=O) groups is 1. The Kier molecular flexibility index (Phi) is 5.49. The molecule has 1 heterocycles. The summed E-state index contributed by atoms with van der Waals surface area (Å²) in [6.45, 7) is 4.47. The molecule has 7 nitrogen and oxygen atoms in total. The van der Waals surface area contributed by atoms with Crippen LogP contribution in [0.25, 0.3) is 0 Å². The molecule has 1 unspecified atom stereocenters. The quantitative estimate of drug-likeness (QED) is 0.733. The van der Waals surface area contributed by atoms with Crippen LogP contribution in [-0.4, -0.2) is 35.8 Å². The minimum absolute atomic E-state index is 0.0567. The fourth-order valence-corrected chi connectivity index (χ4v) is 2.41. The van der Waals surface area contributed by atoms with Crippen molar-refractivity contribution in [3.05, 3.63) is 12.4 Å². The molecule has 108 valence electrons. The first kappa shape index (κ1) is 15.6. The van der Waals surface area contributed by atoms with E-state index in [0.717, 1.165) is 6.42 Å². The number of hydrogen-bond donors (Lipinski definition) is 2. The monoisotopic (exact) mass is 289 g/mol. The number of aryl methyl sites for hydroxylation is 1. The van der Waals surface area contributed by atoms with Crippen molar-refractivity contribution in [1.82, 2.24) is 14.5 Å². The van der Waals surface area contributed by atoms with Gasteiger partial charge in [0.25, 0.3) is 0 Å². The van der Waals surface area contributed by atoms with E-state index in [1.165, 1.54) is 17.1 Å². The zero-order valence-electron chi connectivity index (χ0n) is 11.0. The molecule has 0 aliphatic rings. The van der Waals surface area contributed by atoms with Crippen LogP contribution in [0, 0.1) is 5.92 Å². The van der Waals surface area contributed by atoms with Gasteiger partial charge in [0, 0.05) is 12.7 Å². The summed E-state index contributed by atoms with van der Waals surface area (Å²) in [6, 6.07) is 0. The molecule has 1 atom stereocenters. The summed E-state index contributed by atoms with van der Waals surface area (Å²) >= 11 is 0. The molecule has 1 aromatic heterocycles. The standard InChI is InChI=1S/C11H19N3O4S/c1-3-9(2)6-13-19(17,18)10-7-12-14(8-10)5-4-11(15)16/h7-9,13H,3-6H2,1-2H3,(H,15,16). The van der Waals surface area contributed by atoms with Crippen LogP contribution in [0.4, 0.5) is 0 Å². The number of nitrogens with zero attached hydrogens (tertiary/aromatic N) is 2. The number of aliphatic carboxylic acids is 1. The van der Waals surface area contributed by atoms with Crippen molar-refractivity contribution in [2.24, 2.45) is 5.92 Å². The van der Waals surface area contributed by atoms with Crippen LogP contribution in [0.15, 0.2) is 17.3 Å². The van der Waals surface area contributed by atoms with Crippen molar-refractivity contribution >= 4 is 16.0 Å². The van der Waals surface area contributed by atoms with E-state index in [1.54, 1.807) is 0 Å². The van der Waals surface area contributed by atoms with Crippen LogP contribution in [-0.2, 0) is 21.4 Å². The molecule has 0 saturated carbocycles. The lowest BCUT2D eigenvalue weighted by atomic mass is 10.1. The lowest BCUT2D eigenvalue weighted by Gasteiger charge is -2.09. The second-order valence-corrected chi connectivity index (χ2v) is 6.22. The van der Waals surface area contributed by atoms with Gasteiger partial charge in [-0.05, 0) is 5.92 Å². The molecule has 0 aliphatic heterocycles. The highest BCUT2D eigenvalue weighted by Gasteiger charge is 2.17.